The first kappa shape index (κ1) is 22.2. The van der Waals surface area contributed by atoms with Gasteiger partial charge in [0.25, 0.3) is 0 Å². The summed E-state index contributed by atoms with van der Waals surface area (Å²) in [5.74, 6) is -1.95. The first-order valence-electron chi connectivity index (χ1n) is 10.5. The first-order valence-corrected chi connectivity index (χ1v) is 10.5. The zero-order chi connectivity index (χ0) is 20.5. The van der Waals surface area contributed by atoms with Crippen LogP contribution in [0, 0.1) is 0 Å². The number of carbonyl (C=O) groups is 4. The predicted octanol–water partition coefficient (Wildman–Crippen LogP) is 2.26. The second-order valence-corrected chi connectivity index (χ2v) is 7.79. The van der Waals surface area contributed by atoms with Crippen molar-refractivity contribution in [3.8, 4) is 0 Å². The Bertz CT molecular complexity index is 529. The van der Waals surface area contributed by atoms with E-state index >= 15 is 0 Å². The van der Waals surface area contributed by atoms with Crippen molar-refractivity contribution in [1.29, 1.82) is 0 Å². The van der Waals surface area contributed by atoms with Crippen molar-refractivity contribution in [2.45, 2.75) is 89.1 Å². The van der Waals surface area contributed by atoms with E-state index in [4.69, 9.17) is 10.2 Å². The lowest BCUT2D eigenvalue weighted by Crippen LogP contribution is -2.40. The first-order chi connectivity index (χ1) is 13.4. The third-order valence-electron chi connectivity index (χ3n) is 5.75. The molecular weight excluding hydrogens is 364 g/mol. The summed E-state index contributed by atoms with van der Waals surface area (Å²) in [5.41, 5.74) is 0. The average molecular weight is 396 g/mol. The average Bonchev–Trinajstić information content (AvgIpc) is 3.32. The van der Waals surface area contributed by atoms with E-state index in [0.717, 1.165) is 51.4 Å². The van der Waals surface area contributed by atoms with Gasteiger partial charge in [-0.2, -0.15) is 0 Å². The van der Waals surface area contributed by atoms with Gasteiger partial charge >= 0.3 is 11.9 Å². The van der Waals surface area contributed by atoms with Crippen LogP contribution in [-0.4, -0.2) is 68.9 Å². The van der Waals surface area contributed by atoms with E-state index in [-0.39, 0.29) is 11.8 Å². The summed E-state index contributed by atoms with van der Waals surface area (Å²) < 4.78 is 0. The van der Waals surface area contributed by atoms with Crippen LogP contribution in [0.25, 0.3) is 0 Å². The number of aliphatic carboxylic acids is 2. The summed E-state index contributed by atoms with van der Waals surface area (Å²) in [5, 5.41) is 18.2. The molecule has 0 bridgehead atoms. The third-order valence-corrected chi connectivity index (χ3v) is 5.75. The van der Waals surface area contributed by atoms with Gasteiger partial charge in [0.2, 0.25) is 11.8 Å². The van der Waals surface area contributed by atoms with Gasteiger partial charge in [0.1, 0.15) is 12.1 Å². The standard InChI is InChI=1S/C20H32N2O6/c23-17(21-13-7-9-15(21)19(25)26)11-5-3-1-2-4-6-12-18(24)22-14-8-10-16(22)20(27)28/h15-16H,1-14H2,(H,25,26)(H,27,28). The van der Waals surface area contributed by atoms with E-state index < -0.39 is 24.0 Å². The summed E-state index contributed by atoms with van der Waals surface area (Å²) >= 11 is 0. The van der Waals surface area contributed by atoms with Gasteiger partial charge in [-0.05, 0) is 38.5 Å². The molecule has 158 valence electrons. The largest absolute Gasteiger partial charge is 0.480 e. The lowest BCUT2D eigenvalue weighted by atomic mass is 10.1. The van der Waals surface area contributed by atoms with Crippen molar-refractivity contribution in [3.63, 3.8) is 0 Å². The normalized spacial score (nSPS) is 21.9. The van der Waals surface area contributed by atoms with Crippen molar-refractivity contribution in [1.82, 2.24) is 9.80 Å². The Labute approximate surface area is 165 Å². The number of unbranched alkanes of at least 4 members (excludes halogenated alkanes) is 5. The maximum absolute atomic E-state index is 12.1. The SMILES string of the molecule is O=C(O)C1CCCN1C(=O)CCCCCCCCC(=O)N1CCCC1C(=O)O. The van der Waals surface area contributed by atoms with Crippen LogP contribution in [0.3, 0.4) is 0 Å². The van der Waals surface area contributed by atoms with Crippen LogP contribution < -0.4 is 0 Å². The molecule has 2 fully saturated rings. The van der Waals surface area contributed by atoms with Crippen molar-refractivity contribution >= 4 is 23.8 Å². The smallest absolute Gasteiger partial charge is 0.326 e. The van der Waals surface area contributed by atoms with Gasteiger partial charge in [-0.3, -0.25) is 9.59 Å². The Morgan fingerprint density at radius 3 is 1.36 bits per heavy atom. The zero-order valence-electron chi connectivity index (χ0n) is 16.5. The number of nitrogens with zero attached hydrogens (tertiary/aromatic N) is 2. The maximum Gasteiger partial charge on any atom is 0.326 e. The molecular formula is C20H32N2O6. The van der Waals surface area contributed by atoms with Crippen LogP contribution in [0.1, 0.15) is 77.0 Å². The van der Waals surface area contributed by atoms with Gasteiger partial charge in [-0.25, -0.2) is 9.59 Å². The van der Waals surface area contributed by atoms with Crippen molar-refractivity contribution < 1.29 is 29.4 Å². The Kier molecular flexibility index (Phi) is 8.73. The van der Waals surface area contributed by atoms with E-state index in [1.54, 1.807) is 0 Å². The number of amides is 2. The molecule has 0 radical (unpaired) electrons. The molecule has 2 aliphatic heterocycles. The predicted molar refractivity (Wildman–Crippen MR) is 102 cm³/mol. The van der Waals surface area contributed by atoms with E-state index in [9.17, 15) is 19.2 Å². The number of likely N-dealkylation sites (tertiary alicyclic amines) is 2. The van der Waals surface area contributed by atoms with Gasteiger partial charge < -0.3 is 20.0 Å². The molecule has 8 heteroatoms. The lowest BCUT2D eigenvalue weighted by Gasteiger charge is -2.21. The van der Waals surface area contributed by atoms with Gasteiger partial charge in [-0.15, -0.1) is 0 Å². The highest BCUT2D eigenvalue weighted by Gasteiger charge is 2.34. The molecule has 0 spiro atoms. The number of hydrogen-bond donors (Lipinski definition) is 2. The molecule has 2 heterocycles. The second kappa shape index (κ2) is 11.0. The molecule has 2 amide bonds. The van der Waals surface area contributed by atoms with E-state index in [1.165, 1.54) is 9.80 Å². The number of rotatable bonds is 11. The van der Waals surface area contributed by atoms with Gasteiger partial charge in [-0.1, -0.05) is 25.7 Å². The van der Waals surface area contributed by atoms with Crippen LogP contribution in [0.5, 0.6) is 0 Å². The molecule has 0 aromatic heterocycles. The minimum Gasteiger partial charge on any atom is -0.480 e. The molecule has 2 aliphatic rings. The Hall–Kier alpha value is -2.12. The lowest BCUT2D eigenvalue weighted by molar-refractivity contribution is -0.148. The van der Waals surface area contributed by atoms with Crippen LogP contribution in [0.4, 0.5) is 0 Å². The molecule has 0 aromatic rings. The van der Waals surface area contributed by atoms with Crippen LogP contribution in [-0.2, 0) is 19.2 Å². The highest BCUT2D eigenvalue weighted by molar-refractivity contribution is 5.84. The molecule has 2 saturated heterocycles. The van der Waals surface area contributed by atoms with Crippen molar-refractivity contribution in [3.05, 3.63) is 0 Å². The van der Waals surface area contributed by atoms with E-state index in [1.807, 2.05) is 0 Å². The molecule has 2 N–H and O–H groups in total. The van der Waals surface area contributed by atoms with Crippen molar-refractivity contribution in [2.75, 3.05) is 13.1 Å². The van der Waals surface area contributed by atoms with Crippen molar-refractivity contribution in [2.24, 2.45) is 0 Å². The summed E-state index contributed by atoms with van der Waals surface area (Å²) in [6.45, 7) is 1.09. The quantitative estimate of drug-likeness (QED) is 0.518. The summed E-state index contributed by atoms with van der Waals surface area (Å²) in [7, 11) is 0. The number of hydrogen-bond acceptors (Lipinski definition) is 4. The molecule has 0 aliphatic carbocycles. The highest BCUT2D eigenvalue weighted by atomic mass is 16.4. The second-order valence-electron chi connectivity index (χ2n) is 7.79. The summed E-state index contributed by atoms with van der Waals surface area (Å²) in [6.07, 6.45) is 8.70. The van der Waals surface area contributed by atoms with Crippen LogP contribution in [0.15, 0.2) is 0 Å². The van der Waals surface area contributed by atoms with E-state index in [2.05, 4.69) is 0 Å². The fourth-order valence-corrected chi connectivity index (χ4v) is 4.19. The monoisotopic (exact) mass is 396 g/mol. The molecule has 0 aromatic carbocycles. The summed E-state index contributed by atoms with van der Waals surface area (Å²) in [4.78, 5) is 49.5. The van der Waals surface area contributed by atoms with E-state index in [0.29, 0.717) is 38.8 Å². The Morgan fingerprint density at radius 2 is 1.00 bits per heavy atom. The highest BCUT2D eigenvalue weighted by Crippen LogP contribution is 2.21. The number of carboxylic acid groups (broad SMARTS) is 2. The maximum atomic E-state index is 12.1. The number of carboxylic acids is 2. The molecule has 8 nitrogen and oxygen atoms in total. The van der Waals surface area contributed by atoms with Gasteiger partial charge in [0.05, 0.1) is 0 Å². The summed E-state index contributed by atoms with van der Waals surface area (Å²) in [6, 6.07) is -1.30. The molecule has 0 saturated carbocycles. The van der Waals surface area contributed by atoms with Gasteiger partial charge in [0.15, 0.2) is 0 Å². The number of carbonyl (C=O) groups excluding carboxylic acids is 2. The molecule has 28 heavy (non-hydrogen) atoms. The van der Waals surface area contributed by atoms with Crippen LogP contribution in [0.2, 0.25) is 0 Å². The minimum absolute atomic E-state index is 0.0610. The third kappa shape index (κ3) is 6.21. The fraction of sp³-hybridized carbons (Fsp3) is 0.800. The molecule has 2 rings (SSSR count). The fourth-order valence-electron chi connectivity index (χ4n) is 4.19. The minimum atomic E-state index is -0.913. The molecule has 2 unspecified atom stereocenters. The zero-order valence-corrected chi connectivity index (χ0v) is 16.5. The Morgan fingerprint density at radius 1 is 0.643 bits per heavy atom. The van der Waals surface area contributed by atoms with Gasteiger partial charge in [0, 0.05) is 25.9 Å². The molecule has 2 atom stereocenters. The van der Waals surface area contributed by atoms with Crippen LogP contribution >= 0.6 is 0 Å². The topological polar surface area (TPSA) is 115 Å². The Balaban J connectivity index is 1.51.